The maximum atomic E-state index is 13.8. The predicted molar refractivity (Wildman–Crippen MR) is 114 cm³/mol. The summed E-state index contributed by atoms with van der Waals surface area (Å²) in [5.41, 5.74) is 1.60. The number of nitrogens with zero attached hydrogens (tertiary/aromatic N) is 1. The Morgan fingerprint density at radius 2 is 1.70 bits per heavy atom. The van der Waals surface area contributed by atoms with Crippen molar-refractivity contribution < 1.29 is 18.7 Å². The minimum atomic E-state index is -0.516. The fourth-order valence-electron chi connectivity index (χ4n) is 3.63. The van der Waals surface area contributed by atoms with Crippen LogP contribution >= 0.6 is 0 Å². The number of methoxy groups -OCH3 is 1. The van der Waals surface area contributed by atoms with E-state index in [0.29, 0.717) is 31.8 Å². The molecule has 1 heterocycles. The van der Waals surface area contributed by atoms with Gasteiger partial charge in [0.1, 0.15) is 5.82 Å². The number of rotatable bonds is 8. The third kappa shape index (κ3) is 5.57. The summed E-state index contributed by atoms with van der Waals surface area (Å²) in [7, 11) is 1.64. The molecule has 160 valence electrons. The van der Waals surface area contributed by atoms with E-state index < -0.39 is 5.82 Å². The molecule has 0 aromatic heterocycles. The molecule has 0 atom stereocenters. The smallest absolute Gasteiger partial charge is 0.254 e. The number of amides is 2. The second kappa shape index (κ2) is 10.7. The third-order valence-corrected chi connectivity index (χ3v) is 5.25. The Bertz CT molecular complexity index is 866. The van der Waals surface area contributed by atoms with Gasteiger partial charge in [-0.1, -0.05) is 24.3 Å². The van der Waals surface area contributed by atoms with Crippen LogP contribution in [0.5, 0.6) is 0 Å². The van der Waals surface area contributed by atoms with Gasteiger partial charge >= 0.3 is 0 Å². The first-order valence-corrected chi connectivity index (χ1v) is 10.3. The van der Waals surface area contributed by atoms with Gasteiger partial charge in [0.05, 0.1) is 11.1 Å². The topological polar surface area (TPSA) is 70.7 Å². The Morgan fingerprint density at radius 3 is 2.40 bits per heavy atom. The van der Waals surface area contributed by atoms with Crippen molar-refractivity contribution in [3.05, 3.63) is 65.5 Å². The number of hydrogen-bond donors (Lipinski definition) is 2. The highest BCUT2D eigenvalue weighted by Gasteiger charge is 2.24. The largest absolute Gasteiger partial charge is 0.385 e. The van der Waals surface area contributed by atoms with E-state index in [2.05, 4.69) is 15.5 Å². The van der Waals surface area contributed by atoms with E-state index in [4.69, 9.17) is 4.74 Å². The van der Waals surface area contributed by atoms with Gasteiger partial charge in [0, 0.05) is 45.1 Å². The molecule has 1 saturated heterocycles. The van der Waals surface area contributed by atoms with Crippen molar-refractivity contribution in [2.24, 2.45) is 0 Å². The number of hydrogen-bond acceptors (Lipinski definition) is 4. The van der Waals surface area contributed by atoms with Crippen LogP contribution in [0.25, 0.3) is 0 Å². The van der Waals surface area contributed by atoms with Gasteiger partial charge in [-0.3, -0.25) is 9.59 Å². The molecule has 0 aliphatic carbocycles. The molecule has 1 aliphatic rings. The molecule has 2 N–H and O–H groups in total. The molecular weight excluding hydrogens is 385 g/mol. The molecule has 3 rings (SSSR count). The minimum absolute atomic E-state index is 0.0246. The Morgan fingerprint density at radius 1 is 1.03 bits per heavy atom. The van der Waals surface area contributed by atoms with E-state index >= 15 is 0 Å². The highest BCUT2D eigenvalue weighted by atomic mass is 19.1. The fraction of sp³-hybridized carbons (Fsp3) is 0.391. The molecule has 0 bridgehead atoms. The molecule has 0 spiro atoms. The molecule has 2 amide bonds. The lowest BCUT2D eigenvalue weighted by molar-refractivity contribution is 0.0925. The van der Waals surface area contributed by atoms with Crippen LogP contribution < -0.4 is 15.5 Å². The number of carbonyl (C=O) groups is 2. The highest BCUT2D eigenvalue weighted by Crippen LogP contribution is 2.24. The van der Waals surface area contributed by atoms with E-state index in [-0.39, 0.29) is 23.4 Å². The normalized spacial score (nSPS) is 14.4. The summed E-state index contributed by atoms with van der Waals surface area (Å²) in [6.45, 7) is 2.57. The molecule has 7 heteroatoms. The number of benzene rings is 2. The van der Waals surface area contributed by atoms with Crippen LogP contribution in [0.4, 0.5) is 10.1 Å². The fourth-order valence-corrected chi connectivity index (χ4v) is 3.63. The molecule has 2 aromatic carbocycles. The van der Waals surface area contributed by atoms with Gasteiger partial charge in [-0.05, 0) is 43.5 Å². The first kappa shape index (κ1) is 21.8. The van der Waals surface area contributed by atoms with Crippen LogP contribution in [0.3, 0.4) is 0 Å². The van der Waals surface area contributed by atoms with Crippen molar-refractivity contribution in [2.75, 3.05) is 38.3 Å². The zero-order chi connectivity index (χ0) is 21.3. The summed E-state index contributed by atoms with van der Waals surface area (Å²) < 4.78 is 18.8. The van der Waals surface area contributed by atoms with E-state index in [1.54, 1.807) is 19.2 Å². The molecule has 2 aromatic rings. The first-order valence-electron chi connectivity index (χ1n) is 10.3. The van der Waals surface area contributed by atoms with E-state index in [1.165, 1.54) is 12.1 Å². The number of piperidine rings is 1. The number of ether oxygens (including phenoxy) is 1. The van der Waals surface area contributed by atoms with Gasteiger partial charge in [-0.25, -0.2) is 4.39 Å². The second-order valence-corrected chi connectivity index (χ2v) is 7.33. The molecule has 6 nitrogen and oxygen atoms in total. The molecule has 0 unspecified atom stereocenters. The number of carbonyl (C=O) groups excluding carboxylic acids is 2. The van der Waals surface area contributed by atoms with Crippen molar-refractivity contribution in [1.82, 2.24) is 10.6 Å². The van der Waals surface area contributed by atoms with E-state index in [1.807, 2.05) is 24.3 Å². The summed E-state index contributed by atoms with van der Waals surface area (Å²) in [5, 5.41) is 5.86. The van der Waals surface area contributed by atoms with Crippen LogP contribution in [0.1, 0.15) is 40.0 Å². The SMILES string of the molecule is COCCCNC(=O)c1ccccc1N1CCC(NC(=O)c2ccccc2F)CC1. The Kier molecular flexibility index (Phi) is 7.79. The van der Waals surface area contributed by atoms with Crippen LogP contribution in [-0.2, 0) is 4.74 Å². The minimum Gasteiger partial charge on any atom is -0.385 e. The Hall–Kier alpha value is -2.93. The summed E-state index contributed by atoms with van der Waals surface area (Å²) in [6.07, 6.45) is 2.21. The lowest BCUT2D eigenvalue weighted by Crippen LogP contribution is -2.45. The van der Waals surface area contributed by atoms with Gasteiger partial charge in [-0.2, -0.15) is 0 Å². The van der Waals surface area contributed by atoms with Crippen molar-refractivity contribution in [2.45, 2.75) is 25.3 Å². The van der Waals surface area contributed by atoms with Crippen molar-refractivity contribution in [3.63, 3.8) is 0 Å². The van der Waals surface area contributed by atoms with Crippen LogP contribution in [-0.4, -0.2) is 51.2 Å². The van der Waals surface area contributed by atoms with Crippen LogP contribution in [0.2, 0.25) is 0 Å². The number of nitrogens with one attached hydrogen (secondary N) is 2. The standard InChI is InChI=1S/C23H28FN3O3/c1-30-16-6-13-25-22(28)19-8-3-5-10-21(19)27-14-11-17(12-15-27)26-23(29)18-7-2-4-9-20(18)24/h2-5,7-10,17H,6,11-16H2,1H3,(H,25,28)(H,26,29). The van der Waals surface area contributed by atoms with Gasteiger partial charge in [0.25, 0.3) is 11.8 Å². The number of anilines is 1. The van der Waals surface area contributed by atoms with Gasteiger partial charge in [-0.15, -0.1) is 0 Å². The lowest BCUT2D eigenvalue weighted by atomic mass is 10.0. The van der Waals surface area contributed by atoms with Crippen molar-refractivity contribution in [3.8, 4) is 0 Å². The van der Waals surface area contributed by atoms with Crippen molar-refractivity contribution in [1.29, 1.82) is 0 Å². The monoisotopic (exact) mass is 413 g/mol. The average Bonchev–Trinajstić information content (AvgIpc) is 2.77. The number of para-hydroxylation sites is 1. The van der Waals surface area contributed by atoms with Crippen LogP contribution in [0, 0.1) is 5.82 Å². The first-order chi connectivity index (χ1) is 14.6. The average molecular weight is 413 g/mol. The molecular formula is C23H28FN3O3. The Labute approximate surface area is 176 Å². The predicted octanol–water partition coefficient (Wildman–Crippen LogP) is 2.99. The van der Waals surface area contributed by atoms with Gasteiger partial charge < -0.3 is 20.3 Å². The number of halogens is 1. The zero-order valence-corrected chi connectivity index (χ0v) is 17.2. The van der Waals surface area contributed by atoms with E-state index in [9.17, 15) is 14.0 Å². The quantitative estimate of drug-likeness (QED) is 0.653. The summed E-state index contributed by atoms with van der Waals surface area (Å²) in [4.78, 5) is 27.1. The lowest BCUT2D eigenvalue weighted by Gasteiger charge is -2.35. The summed E-state index contributed by atoms with van der Waals surface area (Å²) in [5.74, 6) is -1.00. The highest BCUT2D eigenvalue weighted by molar-refractivity contribution is 5.99. The summed E-state index contributed by atoms with van der Waals surface area (Å²) in [6, 6.07) is 13.5. The molecule has 1 aliphatic heterocycles. The van der Waals surface area contributed by atoms with Crippen LogP contribution in [0.15, 0.2) is 48.5 Å². The van der Waals surface area contributed by atoms with E-state index in [0.717, 1.165) is 24.9 Å². The zero-order valence-electron chi connectivity index (χ0n) is 17.2. The molecule has 1 fully saturated rings. The molecule has 30 heavy (non-hydrogen) atoms. The summed E-state index contributed by atoms with van der Waals surface area (Å²) >= 11 is 0. The van der Waals surface area contributed by atoms with Crippen molar-refractivity contribution >= 4 is 17.5 Å². The molecule has 0 radical (unpaired) electrons. The molecule has 0 saturated carbocycles. The Balaban J connectivity index is 1.57. The maximum Gasteiger partial charge on any atom is 0.254 e. The second-order valence-electron chi connectivity index (χ2n) is 7.33. The van der Waals surface area contributed by atoms with Gasteiger partial charge in [0.2, 0.25) is 0 Å². The maximum absolute atomic E-state index is 13.8. The van der Waals surface area contributed by atoms with Gasteiger partial charge in [0.15, 0.2) is 0 Å². The third-order valence-electron chi connectivity index (χ3n) is 5.25.